The van der Waals surface area contributed by atoms with E-state index in [0.29, 0.717) is 30.6 Å². The van der Waals surface area contributed by atoms with E-state index in [4.69, 9.17) is 19.6 Å². The SMILES string of the molecule is CC(C)(C)[Si](C)(C)O[C@H](CC(OC(N)=O)[C@H]1CCc2cc(-c3ccc(C(=O)CS(=O)(=O)c4ccccc4)cc3)ccc2O1)c1cccnc1. The highest BCUT2D eigenvalue weighted by Crippen LogP contribution is 2.42. The molecule has 0 spiro atoms. The van der Waals surface area contributed by atoms with Gasteiger partial charge in [0.2, 0.25) is 0 Å². The average molecular weight is 701 g/mol. The molecule has 2 N–H and O–H groups in total. The number of sulfone groups is 1. The van der Waals surface area contributed by atoms with Gasteiger partial charge in [-0.25, -0.2) is 13.2 Å². The number of aromatic nitrogens is 1. The van der Waals surface area contributed by atoms with Gasteiger partial charge >= 0.3 is 6.09 Å². The summed E-state index contributed by atoms with van der Waals surface area (Å²) in [5.41, 5.74) is 9.60. The molecule has 3 aromatic carbocycles. The number of fused-ring (bicyclic) bond motifs is 1. The number of nitrogens with two attached hydrogens (primary N) is 1. The van der Waals surface area contributed by atoms with Crippen LogP contribution in [0.1, 0.15) is 61.2 Å². The third-order valence-electron chi connectivity index (χ3n) is 9.43. The molecule has 0 fully saturated rings. The van der Waals surface area contributed by atoms with Crippen molar-refractivity contribution in [3.8, 4) is 16.9 Å². The lowest BCUT2D eigenvalue weighted by molar-refractivity contribution is -0.0152. The van der Waals surface area contributed by atoms with E-state index in [1.54, 1.807) is 42.7 Å². The maximum atomic E-state index is 12.8. The van der Waals surface area contributed by atoms with E-state index < -0.39 is 48.0 Å². The molecule has 1 amide bonds. The molecule has 11 heteroatoms. The minimum Gasteiger partial charge on any atom is -0.486 e. The zero-order chi connectivity index (χ0) is 35.4. The molecule has 9 nitrogen and oxygen atoms in total. The summed E-state index contributed by atoms with van der Waals surface area (Å²) in [5.74, 6) is -0.368. The molecule has 5 rings (SSSR count). The van der Waals surface area contributed by atoms with E-state index in [1.807, 2.05) is 42.5 Å². The van der Waals surface area contributed by atoms with Gasteiger partial charge in [0.25, 0.3) is 0 Å². The van der Waals surface area contributed by atoms with Crippen molar-refractivity contribution in [2.24, 2.45) is 5.73 Å². The van der Waals surface area contributed by atoms with Gasteiger partial charge in [-0.05, 0) is 83.6 Å². The van der Waals surface area contributed by atoms with Gasteiger partial charge < -0.3 is 19.6 Å². The summed E-state index contributed by atoms with van der Waals surface area (Å²) in [6.07, 6.45) is 2.79. The largest absolute Gasteiger partial charge is 0.486 e. The third-order valence-corrected chi connectivity index (χ3v) is 15.5. The van der Waals surface area contributed by atoms with Gasteiger partial charge in [-0.1, -0.05) is 75.4 Å². The van der Waals surface area contributed by atoms with Gasteiger partial charge in [-0.2, -0.15) is 0 Å². The molecule has 0 saturated carbocycles. The van der Waals surface area contributed by atoms with Gasteiger partial charge in [0.15, 0.2) is 23.9 Å². The summed E-state index contributed by atoms with van der Waals surface area (Å²) in [6, 6.07) is 24.6. The summed E-state index contributed by atoms with van der Waals surface area (Å²) < 4.78 is 44.4. The number of ether oxygens (including phenoxy) is 2. The maximum absolute atomic E-state index is 12.8. The fraction of sp³-hybridized carbons (Fsp3) is 0.342. The Balaban J connectivity index is 1.31. The Bertz CT molecular complexity index is 1880. The van der Waals surface area contributed by atoms with Crippen LogP contribution in [-0.2, 0) is 25.4 Å². The second-order valence-corrected chi connectivity index (χ2v) is 20.7. The summed E-state index contributed by atoms with van der Waals surface area (Å²) in [6.45, 7) is 10.9. The number of carbonyl (C=O) groups is 2. The third kappa shape index (κ3) is 8.83. The second-order valence-electron chi connectivity index (χ2n) is 14.0. The Kier molecular flexibility index (Phi) is 10.8. The zero-order valence-corrected chi connectivity index (χ0v) is 30.4. The van der Waals surface area contributed by atoms with E-state index in [1.165, 1.54) is 12.1 Å². The highest BCUT2D eigenvalue weighted by Gasteiger charge is 2.41. The van der Waals surface area contributed by atoms with Gasteiger partial charge in [-0.3, -0.25) is 9.78 Å². The minimum absolute atomic E-state index is 0.0374. The predicted molar refractivity (Wildman–Crippen MR) is 192 cm³/mol. The van der Waals surface area contributed by atoms with Crippen molar-refractivity contribution in [2.45, 2.75) is 81.4 Å². The lowest BCUT2D eigenvalue weighted by Crippen LogP contribution is -2.45. The van der Waals surface area contributed by atoms with Crippen LogP contribution in [0.25, 0.3) is 11.1 Å². The van der Waals surface area contributed by atoms with E-state index in [-0.39, 0.29) is 16.0 Å². The number of carbonyl (C=O) groups excluding carboxylic acids is 2. The molecule has 1 aromatic heterocycles. The van der Waals surface area contributed by atoms with Crippen LogP contribution >= 0.6 is 0 Å². The van der Waals surface area contributed by atoms with Gasteiger partial charge in [0, 0.05) is 24.4 Å². The minimum atomic E-state index is -3.74. The van der Waals surface area contributed by atoms with Crippen molar-refractivity contribution in [1.29, 1.82) is 0 Å². The lowest BCUT2D eigenvalue weighted by Gasteiger charge is -2.41. The first kappa shape index (κ1) is 36.0. The van der Waals surface area contributed by atoms with Crippen LogP contribution < -0.4 is 10.5 Å². The number of nitrogens with zero attached hydrogens (tertiary/aromatic N) is 1. The first-order chi connectivity index (χ1) is 23.1. The van der Waals surface area contributed by atoms with Crippen LogP contribution in [0.3, 0.4) is 0 Å². The molecular weight excluding hydrogens is 657 g/mol. The van der Waals surface area contributed by atoms with Gasteiger partial charge in [0.05, 0.1) is 11.0 Å². The van der Waals surface area contributed by atoms with Crippen molar-refractivity contribution in [1.82, 2.24) is 4.98 Å². The number of rotatable bonds is 12. The Morgan fingerprint density at radius 3 is 2.31 bits per heavy atom. The molecule has 1 aliphatic rings. The van der Waals surface area contributed by atoms with Crippen molar-refractivity contribution in [2.75, 3.05) is 5.75 Å². The number of amides is 1. The highest BCUT2D eigenvalue weighted by atomic mass is 32.2. The van der Waals surface area contributed by atoms with E-state index in [2.05, 4.69) is 38.8 Å². The van der Waals surface area contributed by atoms with Crippen molar-refractivity contribution >= 4 is 30.0 Å². The van der Waals surface area contributed by atoms with Crippen LogP contribution in [0.15, 0.2) is 102 Å². The Labute approximate surface area is 289 Å². The number of ketones is 1. The smallest absolute Gasteiger partial charge is 0.404 e. The van der Waals surface area contributed by atoms with Crippen molar-refractivity contribution < 1.29 is 31.9 Å². The number of primary amides is 1. The number of Topliss-reactive ketones (excluding diaryl/α,β-unsaturated/α-hetero) is 1. The number of hydrogen-bond acceptors (Lipinski definition) is 8. The van der Waals surface area contributed by atoms with E-state index in [9.17, 15) is 18.0 Å². The molecule has 1 unspecified atom stereocenters. The molecule has 0 saturated heterocycles. The van der Waals surface area contributed by atoms with Crippen LogP contribution in [0, 0.1) is 0 Å². The van der Waals surface area contributed by atoms with Crippen LogP contribution in [0.5, 0.6) is 5.75 Å². The molecular formula is C38H44N2O7SSi. The fourth-order valence-electron chi connectivity index (χ4n) is 5.65. The molecule has 49 heavy (non-hydrogen) atoms. The average Bonchev–Trinajstić information content (AvgIpc) is 3.07. The van der Waals surface area contributed by atoms with Crippen molar-refractivity contribution in [3.63, 3.8) is 0 Å². The topological polar surface area (TPSA) is 135 Å². The molecule has 0 aliphatic carbocycles. The predicted octanol–water partition coefficient (Wildman–Crippen LogP) is 7.72. The van der Waals surface area contributed by atoms with Gasteiger partial charge in [0.1, 0.15) is 23.7 Å². The van der Waals surface area contributed by atoms with Crippen LogP contribution in [0.2, 0.25) is 18.1 Å². The molecule has 4 aromatic rings. The molecule has 2 heterocycles. The van der Waals surface area contributed by atoms with Crippen LogP contribution in [-0.4, -0.2) is 51.6 Å². The lowest BCUT2D eigenvalue weighted by atomic mass is 9.93. The molecule has 0 bridgehead atoms. The Hall–Kier alpha value is -4.32. The summed E-state index contributed by atoms with van der Waals surface area (Å²) in [5, 5.41) is -0.0374. The summed E-state index contributed by atoms with van der Waals surface area (Å²) in [7, 11) is -5.96. The molecule has 3 atom stereocenters. The first-order valence-electron chi connectivity index (χ1n) is 16.4. The zero-order valence-electron chi connectivity index (χ0n) is 28.6. The molecule has 258 valence electrons. The fourth-order valence-corrected chi connectivity index (χ4v) is 8.20. The number of pyridine rings is 1. The number of benzene rings is 3. The first-order valence-corrected chi connectivity index (χ1v) is 20.9. The van der Waals surface area contributed by atoms with E-state index in [0.717, 1.165) is 22.3 Å². The normalized spacial score (nSPS) is 16.1. The summed E-state index contributed by atoms with van der Waals surface area (Å²) in [4.78, 5) is 29.4. The Morgan fingerprint density at radius 1 is 0.980 bits per heavy atom. The summed E-state index contributed by atoms with van der Waals surface area (Å²) >= 11 is 0. The standard InChI is InChI=1S/C38H44N2O7SSi/c1-38(2,3)49(4,5)47-35(30-10-9-21-40-24-30)23-36(46-37(39)42)34-20-18-29-22-28(17-19-33(29)45-34)26-13-15-27(16-14-26)32(41)25-48(43,44)31-11-7-6-8-12-31/h6-17,19,21-22,24,34-36H,18,20,23,25H2,1-5H3,(H2,39,42)/t34-,35-,36?/m1/s1. The monoisotopic (exact) mass is 700 g/mol. The quantitative estimate of drug-likeness (QED) is 0.117. The number of aryl methyl sites for hydroxylation is 1. The Morgan fingerprint density at radius 2 is 1.67 bits per heavy atom. The highest BCUT2D eigenvalue weighted by molar-refractivity contribution is 7.92. The van der Waals surface area contributed by atoms with Crippen LogP contribution in [0.4, 0.5) is 4.79 Å². The van der Waals surface area contributed by atoms with Gasteiger partial charge in [-0.15, -0.1) is 0 Å². The molecule has 1 aliphatic heterocycles. The maximum Gasteiger partial charge on any atom is 0.404 e. The number of hydrogen-bond donors (Lipinski definition) is 1. The second kappa shape index (κ2) is 14.7. The van der Waals surface area contributed by atoms with Crippen molar-refractivity contribution in [3.05, 3.63) is 114 Å². The molecule has 0 radical (unpaired) electrons. The van der Waals surface area contributed by atoms with E-state index >= 15 is 0 Å².